The maximum Gasteiger partial charge on any atom is 0.261 e. The third kappa shape index (κ3) is 5.62. The molecule has 0 aliphatic heterocycles. The number of ether oxygens (including phenoxy) is 1. The number of aryl methyl sites for hydroxylation is 1. The van der Waals surface area contributed by atoms with Gasteiger partial charge in [-0.1, -0.05) is 18.3 Å². The third-order valence-electron chi connectivity index (χ3n) is 2.53. The molecular weight excluding hydrogens is 322 g/mol. The molecule has 0 fully saturated rings. The molecule has 21 heavy (non-hydrogen) atoms. The number of halogens is 2. The topological polar surface area (TPSA) is 81.4 Å². The normalized spacial score (nSPS) is 11.8. The van der Waals surface area contributed by atoms with Gasteiger partial charge in [0.25, 0.3) is 6.43 Å². The van der Waals surface area contributed by atoms with E-state index < -0.39 is 23.1 Å². The Labute approximate surface area is 127 Å². The Bertz CT molecular complexity index is 607. The van der Waals surface area contributed by atoms with E-state index in [0.717, 1.165) is 0 Å². The lowest BCUT2D eigenvalue weighted by Crippen LogP contribution is -2.28. The van der Waals surface area contributed by atoms with E-state index in [2.05, 4.69) is 9.46 Å². The van der Waals surface area contributed by atoms with Crippen molar-refractivity contribution in [2.45, 2.75) is 18.2 Å². The Balaban J connectivity index is 2.68. The molecule has 1 aromatic carbocycles. The summed E-state index contributed by atoms with van der Waals surface area (Å²) >= 11 is 4.81. The molecule has 0 aliphatic rings. The lowest BCUT2D eigenvalue weighted by Gasteiger charge is -2.10. The van der Waals surface area contributed by atoms with Crippen LogP contribution in [-0.2, 0) is 14.8 Å². The number of thiocarbonyl (C=S) groups is 1. The lowest BCUT2D eigenvalue weighted by atomic mass is 10.1. The van der Waals surface area contributed by atoms with E-state index in [1.54, 1.807) is 13.0 Å². The van der Waals surface area contributed by atoms with Crippen molar-refractivity contribution in [1.82, 2.24) is 4.72 Å². The van der Waals surface area contributed by atoms with Gasteiger partial charge < -0.3 is 10.5 Å². The minimum Gasteiger partial charge on any atom is -0.389 e. The van der Waals surface area contributed by atoms with Crippen molar-refractivity contribution in [3.8, 4) is 0 Å². The third-order valence-corrected chi connectivity index (χ3v) is 4.39. The molecule has 5 nitrogen and oxygen atoms in total. The van der Waals surface area contributed by atoms with Crippen molar-refractivity contribution < 1.29 is 21.9 Å². The van der Waals surface area contributed by atoms with Crippen LogP contribution in [0.15, 0.2) is 23.1 Å². The fraction of sp³-hybridized carbons (Fsp3) is 0.417. The summed E-state index contributed by atoms with van der Waals surface area (Å²) in [7, 11) is -3.74. The summed E-state index contributed by atoms with van der Waals surface area (Å²) in [6.07, 6.45) is -2.57. The van der Waals surface area contributed by atoms with E-state index in [9.17, 15) is 17.2 Å². The highest BCUT2D eigenvalue weighted by Crippen LogP contribution is 2.16. The molecule has 0 aliphatic carbocycles. The molecule has 0 radical (unpaired) electrons. The summed E-state index contributed by atoms with van der Waals surface area (Å²) < 4.78 is 54.6. The van der Waals surface area contributed by atoms with E-state index in [0.29, 0.717) is 11.1 Å². The minimum atomic E-state index is -3.74. The van der Waals surface area contributed by atoms with Crippen molar-refractivity contribution >= 4 is 27.2 Å². The predicted octanol–water partition coefficient (Wildman–Crippen LogP) is 1.19. The van der Waals surface area contributed by atoms with E-state index in [1.807, 2.05) is 0 Å². The van der Waals surface area contributed by atoms with Crippen LogP contribution < -0.4 is 10.5 Å². The van der Waals surface area contributed by atoms with Crippen LogP contribution >= 0.6 is 12.2 Å². The van der Waals surface area contributed by atoms with Crippen molar-refractivity contribution in [3.05, 3.63) is 29.3 Å². The van der Waals surface area contributed by atoms with Gasteiger partial charge in [-0.15, -0.1) is 0 Å². The lowest BCUT2D eigenvalue weighted by molar-refractivity contribution is 0.0199. The molecule has 0 amide bonds. The van der Waals surface area contributed by atoms with Crippen LogP contribution in [0.25, 0.3) is 0 Å². The monoisotopic (exact) mass is 338 g/mol. The predicted molar refractivity (Wildman–Crippen MR) is 79.1 cm³/mol. The fourth-order valence-corrected chi connectivity index (χ4v) is 2.97. The van der Waals surface area contributed by atoms with E-state index in [1.165, 1.54) is 12.1 Å². The molecule has 0 aromatic heterocycles. The molecule has 0 bridgehead atoms. The molecule has 0 spiro atoms. The minimum absolute atomic E-state index is 0.0800. The molecule has 0 heterocycles. The first kappa shape index (κ1) is 17.9. The largest absolute Gasteiger partial charge is 0.389 e. The van der Waals surface area contributed by atoms with Crippen LogP contribution in [0.1, 0.15) is 11.1 Å². The molecule has 1 aromatic rings. The van der Waals surface area contributed by atoms with Gasteiger partial charge in [0.15, 0.2) is 0 Å². The summed E-state index contributed by atoms with van der Waals surface area (Å²) in [6.45, 7) is 0.673. The summed E-state index contributed by atoms with van der Waals surface area (Å²) in [6, 6.07) is 4.48. The second kappa shape index (κ2) is 7.74. The summed E-state index contributed by atoms with van der Waals surface area (Å²) in [5.41, 5.74) is 6.53. The number of nitrogens with one attached hydrogen (secondary N) is 1. The van der Waals surface area contributed by atoms with E-state index in [4.69, 9.17) is 18.0 Å². The Morgan fingerprint density at radius 1 is 1.48 bits per heavy atom. The molecule has 0 unspecified atom stereocenters. The number of nitrogens with two attached hydrogens (primary N) is 1. The van der Waals surface area contributed by atoms with Gasteiger partial charge >= 0.3 is 0 Å². The first-order valence-corrected chi connectivity index (χ1v) is 7.89. The molecule has 0 saturated carbocycles. The SMILES string of the molecule is Cc1cc(C(N)=S)ccc1S(=O)(=O)NCCOCC(F)F. The number of alkyl halides is 2. The maximum atomic E-state index is 12.1. The van der Waals surface area contributed by atoms with Crippen molar-refractivity contribution in [2.24, 2.45) is 5.73 Å². The molecule has 0 atom stereocenters. The van der Waals surface area contributed by atoms with E-state index >= 15 is 0 Å². The van der Waals surface area contributed by atoms with Gasteiger partial charge in [-0.3, -0.25) is 0 Å². The highest BCUT2D eigenvalue weighted by Gasteiger charge is 2.16. The summed E-state index contributed by atoms with van der Waals surface area (Å²) in [5, 5.41) is 0. The second-order valence-corrected chi connectivity index (χ2v) is 6.38. The number of hydrogen-bond donors (Lipinski definition) is 2. The molecule has 0 saturated heterocycles. The Hall–Kier alpha value is -1.16. The molecular formula is C12H16F2N2O3S2. The average molecular weight is 338 g/mol. The zero-order valence-corrected chi connectivity index (χ0v) is 12.9. The standard InChI is InChI=1S/C12H16F2N2O3S2/c1-8-6-9(12(15)20)2-3-10(8)21(17,18)16-4-5-19-7-11(13)14/h2-3,6,11,16H,4-5,7H2,1H3,(H2,15,20). The molecule has 118 valence electrons. The first-order valence-electron chi connectivity index (χ1n) is 6.00. The van der Waals surface area contributed by atoms with Crippen LogP contribution in [-0.4, -0.2) is 39.6 Å². The van der Waals surface area contributed by atoms with Gasteiger partial charge in [0, 0.05) is 12.1 Å². The maximum absolute atomic E-state index is 12.1. The number of rotatable bonds is 8. The van der Waals surface area contributed by atoms with Crippen molar-refractivity contribution in [2.75, 3.05) is 19.8 Å². The zero-order valence-electron chi connectivity index (χ0n) is 11.3. The molecule has 1 rings (SSSR count). The highest BCUT2D eigenvalue weighted by molar-refractivity contribution is 7.89. The van der Waals surface area contributed by atoms with Gasteiger partial charge in [0.1, 0.15) is 11.6 Å². The summed E-state index contributed by atoms with van der Waals surface area (Å²) in [5.74, 6) is 0. The van der Waals surface area contributed by atoms with Gasteiger partial charge in [0.05, 0.1) is 11.5 Å². The van der Waals surface area contributed by atoms with Crippen LogP contribution in [0.2, 0.25) is 0 Å². The van der Waals surface area contributed by atoms with E-state index in [-0.39, 0.29) is 23.0 Å². The van der Waals surface area contributed by atoms with Gasteiger partial charge in [-0.2, -0.15) is 0 Å². The van der Waals surface area contributed by atoms with Crippen LogP contribution in [0.3, 0.4) is 0 Å². The van der Waals surface area contributed by atoms with Gasteiger partial charge in [0.2, 0.25) is 10.0 Å². The Kier molecular flexibility index (Phi) is 6.59. The van der Waals surface area contributed by atoms with Crippen LogP contribution in [0.5, 0.6) is 0 Å². The molecule has 3 N–H and O–H groups in total. The number of sulfonamides is 1. The molecule has 9 heteroatoms. The quantitative estimate of drug-likeness (QED) is 0.550. The Morgan fingerprint density at radius 3 is 2.67 bits per heavy atom. The zero-order chi connectivity index (χ0) is 16.0. The average Bonchev–Trinajstić information content (AvgIpc) is 2.37. The van der Waals surface area contributed by atoms with Crippen molar-refractivity contribution in [1.29, 1.82) is 0 Å². The second-order valence-electron chi connectivity index (χ2n) is 4.21. The van der Waals surface area contributed by atoms with Gasteiger partial charge in [-0.05, 0) is 24.6 Å². The summed E-state index contributed by atoms with van der Waals surface area (Å²) in [4.78, 5) is 0.256. The van der Waals surface area contributed by atoms with Gasteiger partial charge in [-0.25, -0.2) is 21.9 Å². The van der Waals surface area contributed by atoms with Crippen molar-refractivity contribution in [3.63, 3.8) is 0 Å². The van der Waals surface area contributed by atoms with Crippen LogP contribution in [0, 0.1) is 6.92 Å². The number of benzene rings is 1. The number of hydrogen-bond acceptors (Lipinski definition) is 4. The fourth-order valence-electron chi connectivity index (χ4n) is 1.60. The first-order chi connectivity index (χ1) is 9.74. The van der Waals surface area contributed by atoms with Crippen LogP contribution in [0.4, 0.5) is 8.78 Å². The highest BCUT2D eigenvalue weighted by atomic mass is 32.2. The Morgan fingerprint density at radius 2 is 2.14 bits per heavy atom. The smallest absolute Gasteiger partial charge is 0.261 e.